The Kier molecular flexibility index (Phi) is 6.27. The lowest BCUT2D eigenvalue weighted by Crippen LogP contribution is -2.53. The number of piperidine rings is 1. The van der Waals surface area contributed by atoms with E-state index in [-0.39, 0.29) is 23.0 Å². The summed E-state index contributed by atoms with van der Waals surface area (Å²) in [5.74, 6) is -0.801. The molecule has 0 radical (unpaired) electrons. The van der Waals surface area contributed by atoms with Crippen LogP contribution in [-0.2, 0) is 16.1 Å². The van der Waals surface area contributed by atoms with Crippen molar-refractivity contribution in [3.05, 3.63) is 34.6 Å². The van der Waals surface area contributed by atoms with Crippen LogP contribution < -0.4 is 5.32 Å². The zero-order chi connectivity index (χ0) is 18.6. The molecule has 1 aliphatic heterocycles. The van der Waals surface area contributed by atoms with Gasteiger partial charge >= 0.3 is 6.09 Å². The highest BCUT2D eigenvalue weighted by atomic mass is 35.5. The Hall–Kier alpha value is -1.82. The minimum absolute atomic E-state index is 0.0248. The highest BCUT2D eigenvalue weighted by molar-refractivity contribution is 6.31. The molecule has 1 fully saturated rings. The first kappa shape index (κ1) is 19.5. The summed E-state index contributed by atoms with van der Waals surface area (Å²) < 4.78 is 19.2. The molecule has 1 heterocycles. The van der Waals surface area contributed by atoms with Crippen molar-refractivity contribution >= 4 is 23.6 Å². The van der Waals surface area contributed by atoms with E-state index in [1.807, 2.05) is 0 Å². The lowest BCUT2D eigenvalue weighted by molar-refractivity contribution is -0.127. The van der Waals surface area contributed by atoms with Gasteiger partial charge < -0.3 is 10.1 Å². The van der Waals surface area contributed by atoms with E-state index in [1.54, 1.807) is 26.8 Å². The fourth-order valence-electron chi connectivity index (χ4n) is 2.74. The molecule has 0 aliphatic carbocycles. The van der Waals surface area contributed by atoms with Gasteiger partial charge in [0.05, 0.1) is 0 Å². The number of amides is 2. The van der Waals surface area contributed by atoms with Crippen molar-refractivity contribution in [1.82, 2.24) is 10.2 Å². The maximum absolute atomic E-state index is 13.8. The molecule has 1 atom stereocenters. The van der Waals surface area contributed by atoms with Crippen molar-refractivity contribution in [2.75, 3.05) is 6.54 Å². The van der Waals surface area contributed by atoms with E-state index in [1.165, 1.54) is 17.0 Å². The molecule has 0 unspecified atom stereocenters. The van der Waals surface area contributed by atoms with Crippen LogP contribution in [0.5, 0.6) is 0 Å². The van der Waals surface area contributed by atoms with E-state index in [0.717, 1.165) is 12.8 Å². The number of carbonyl (C=O) groups is 2. The molecule has 25 heavy (non-hydrogen) atoms. The van der Waals surface area contributed by atoms with E-state index in [4.69, 9.17) is 16.3 Å². The summed E-state index contributed by atoms with van der Waals surface area (Å²) in [6.07, 6.45) is 1.71. The molecule has 2 rings (SSSR count). The van der Waals surface area contributed by atoms with Gasteiger partial charge in [0.2, 0.25) is 5.91 Å². The minimum Gasteiger partial charge on any atom is -0.444 e. The maximum atomic E-state index is 13.8. The molecular formula is C18H24ClFN2O3. The first-order valence-corrected chi connectivity index (χ1v) is 8.77. The van der Waals surface area contributed by atoms with Gasteiger partial charge in [-0.2, -0.15) is 0 Å². The van der Waals surface area contributed by atoms with Crippen molar-refractivity contribution < 1.29 is 18.7 Å². The lowest BCUT2D eigenvalue weighted by Gasteiger charge is -2.35. The maximum Gasteiger partial charge on any atom is 0.410 e. The van der Waals surface area contributed by atoms with Crippen molar-refractivity contribution in [2.45, 2.75) is 58.2 Å². The molecule has 7 heteroatoms. The van der Waals surface area contributed by atoms with E-state index in [0.29, 0.717) is 13.0 Å². The second kappa shape index (κ2) is 8.04. The smallest absolute Gasteiger partial charge is 0.410 e. The molecule has 0 spiro atoms. The molecule has 0 aromatic heterocycles. The molecule has 1 aliphatic rings. The number of likely N-dealkylation sites (tertiary alicyclic amines) is 1. The number of carbonyl (C=O) groups excluding carboxylic acids is 2. The molecule has 1 N–H and O–H groups in total. The van der Waals surface area contributed by atoms with E-state index in [9.17, 15) is 14.0 Å². The highest BCUT2D eigenvalue weighted by Crippen LogP contribution is 2.22. The number of rotatable bonds is 3. The zero-order valence-corrected chi connectivity index (χ0v) is 15.5. The third kappa shape index (κ3) is 5.33. The molecule has 0 saturated carbocycles. The summed E-state index contributed by atoms with van der Waals surface area (Å²) in [5, 5.41) is 2.94. The van der Waals surface area contributed by atoms with Crippen LogP contribution in [0.3, 0.4) is 0 Å². The van der Waals surface area contributed by atoms with Gasteiger partial charge in [-0.25, -0.2) is 9.18 Å². The number of nitrogens with one attached hydrogen (secondary N) is 1. The predicted octanol–water partition coefficient (Wildman–Crippen LogP) is 3.88. The Morgan fingerprint density at radius 2 is 2.08 bits per heavy atom. The van der Waals surface area contributed by atoms with Crippen LogP contribution >= 0.6 is 11.6 Å². The second-order valence-electron chi connectivity index (χ2n) is 7.10. The number of hydrogen-bond donors (Lipinski definition) is 1. The normalized spacial score (nSPS) is 18.0. The number of benzene rings is 1. The Bertz CT molecular complexity index is 625. The van der Waals surface area contributed by atoms with Crippen molar-refractivity contribution in [3.63, 3.8) is 0 Å². The number of hydrogen-bond acceptors (Lipinski definition) is 3. The Morgan fingerprint density at radius 3 is 2.72 bits per heavy atom. The quantitative estimate of drug-likeness (QED) is 0.878. The lowest BCUT2D eigenvalue weighted by atomic mass is 10.0. The highest BCUT2D eigenvalue weighted by Gasteiger charge is 2.34. The fraction of sp³-hybridized carbons (Fsp3) is 0.556. The molecule has 0 bridgehead atoms. The minimum atomic E-state index is -0.629. The third-order valence-electron chi connectivity index (χ3n) is 3.93. The largest absolute Gasteiger partial charge is 0.444 e. The Labute approximate surface area is 152 Å². The first-order valence-electron chi connectivity index (χ1n) is 8.39. The Balaban J connectivity index is 2.04. The molecule has 5 nitrogen and oxygen atoms in total. The summed E-state index contributed by atoms with van der Waals surface area (Å²) in [7, 11) is 0. The monoisotopic (exact) mass is 370 g/mol. The molecule has 138 valence electrons. The van der Waals surface area contributed by atoms with Gasteiger partial charge in [-0.3, -0.25) is 9.69 Å². The van der Waals surface area contributed by atoms with Gasteiger partial charge in [-0.15, -0.1) is 0 Å². The summed E-state index contributed by atoms with van der Waals surface area (Å²) in [5.41, 5.74) is -0.395. The second-order valence-corrected chi connectivity index (χ2v) is 7.51. The molecule has 1 saturated heterocycles. The first-order chi connectivity index (χ1) is 11.7. The van der Waals surface area contributed by atoms with Gasteiger partial charge in [-0.05, 0) is 52.2 Å². The van der Waals surface area contributed by atoms with Crippen LogP contribution in [0.2, 0.25) is 5.02 Å². The molecular weight excluding hydrogens is 347 g/mol. The summed E-state index contributed by atoms with van der Waals surface area (Å²) >= 11 is 5.97. The van der Waals surface area contributed by atoms with Crippen LogP contribution in [0, 0.1) is 5.82 Å². The summed E-state index contributed by atoms with van der Waals surface area (Å²) in [6, 6.07) is 3.75. The topological polar surface area (TPSA) is 58.6 Å². The van der Waals surface area contributed by atoms with Crippen LogP contribution in [0.15, 0.2) is 18.2 Å². The third-order valence-corrected chi connectivity index (χ3v) is 4.29. The molecule has 1 aromatic rings. The van der Waals surface area contributed by atoms with E-state index in [2.05, 4.69) is 5.32 Å². The van der Waals surface area contributed by atoms with Crippen molar-refractivity contribution in [3.8, 4) is 0 Å². The van der Waals surface area contributed by atoms with Gasteiger partial charge in [0.15, 0.2) is 0 Å². The fourth-order valence-corrected chi connectivity index (χ4v) is 2.97. The predicted molar refractivity (Wildman–Crippen MR) is 93.8 cm³/mol. The Morgan fingerprint density at radius 1 is 1.36 bits per heavy atom. The van der Waals surface area contributed by atoms with Crippen LogP contribution in [0.1, 0.15) is 45.6 Å². The standard InChI is InChI=1S/C18H24ClFN2O3/c1-18(2,3)25-17(24)22-10-5-4-9-15(22)16(23)21-11-12-13(19)7-6-8-14(12)20/h6-8,15H,4-5,9-11H2,1-3H3,(H,21,23)/t15-/m1/s1. The van der Waals surface area contributed by atoms with Crippen molar-refractivity contribution in [1.29, 1.82) is 0 Å². The molecule has 1 aromatic carbocycles. The zero-order valence-electron chi connectivity index (χ0n) is 14.8. The average molecular weight is 371 g/mol. The van der Waals surface area contributed by atoms with Gasteiger partial charge in [-0.1, -0.05) is 17.7 Å². The average Bonchev–Trinajstić information content (AvgIpc) is 2.52. The van der Waals surface area contributed by atoms with Gasteiger partial charge in [0.1, 0.15) is 17.5 Å². The van der Waals surface area contributed by atoms with Crippen LogP contribution in [0.25, 0.3) is 0 Å². The van der Waals surface area contributed by atoms with E-state index < -0.39 is 23.6 Å². The number of nitrogens with zero attached hydrogens (tertiary/aromatic N) is 1. The van der Waals surface area contributed by atoms with Gasteiger partial charge in [0.25, 0.3) is 0 Å². The SMILES string of the molecule is CC(C)(C)OC(=O)N1CCCC[C@@H]1C(=O)NCc1c(F)cccc1Cl. The van der Waals surface area contributed by atoms with E-state index >= 15 is 0 Å². The number of ether oxygens (including phenoxy) is 1. The van der Waals surface area contributed by atoms with Crippen molar-refractivity contribution in [2.24, 2.45) is 0 Å². The molecule has 2 amide bonds. The number of halogens is 2. The van der Waals surface area contributed by atoms with Crippen LogP contribution in [0.4, 0.5) is 9.18 Å². The summed E-state index contributed by atoms with van der Waals surface area (Å²) in [4.78, 5) is 26.4. The van der Waals surface area contributed by atoms with Gasteiger partial charge in [0, 0.05) is 23.7 Å². The van der Waals surface area contributed by atoms with Crippen LogP contribution in [-0.4, -0.2) is 35.1 Å². The summed E-state index contributed by atoms with van der Waals surface area (Å²) in [6.45, 7) is 5.79.